The first-order chi connectivity index (χ1) is 16.3. The van der Waals surface area contributed by atoms with Crippen LogP contribution in [0.3, 0.4) is 0 Å². The van der Waals surface area contributed by atoms with Gasteiger partial charge in [-0.15, -0.1) is 11.3 Å². The molecule has 2 N–H and O–H groups in total. The van der Waals surface area contributed by atoms with Gasteiger partial charge < -0.3 is 15.4 Å². The third-order valence-corrected chi connectivity index (χ3v) is 6.76. The molecule has 0 bridgehead atoms. The molecule has 4 aromatic rings. The second kappa shape index (κ2) is 10.5. The average Bonchev–Trinajstić information content (AvgIpc) is 3.18. The first kappa shape index (κ1) is 24.1. The van der Waals surface area contributed by atoms with Gasteiger partial charge in [-0.2, -0.15) is 0 Å². The SMILES string of the molecule is CC(C)(C)OC(=O)NC(CNc1nc(-c2ccncc2)nc2c(Br)csc12)Cc1ccccc1. The van der Waals surface area contributed by atoms with Gasteiger partial charge >= 0.3 is 6.09 Å². The summed E-state index contributed by atoms with van der Waals surface area (Å²) in [6.45, 7) is 6.02. The number of nitrogens with one attached hydrogen (secondary N) is 2. The molecule has 1 amide bonds. The van der Waals surface area contributed by atoms with Crippen molar-refractivity contribution >= 4 is 49.4 Å². The van der Waals surface area contributed by atoms with Crippen LogP contribution in [0, 0.1) is 0 Å². The van der Waals surface area contributed by atoms with Crippen molar-refractivity contribution in [2.24, 2.45) is 0 Å². The van der Waals surface area contributed by atoms with Crippen LogP contribution >= 0.6 is 27.3 Å². The van der Waals surface area contributed by atoms with Crippen molar-refractivity contribution in [1.29, 1.82) is 0 Å². The van der Waals surface area contributed by atoms with Crippen LogP contribution < -0.4 is 10.6 Å². The lowest BCUT2D eigenvalue weighted by molar-refractivity contribution is 0.0507. The zero-order valence-corrected chi connectivity index (χ0v) is 21.6. The van der Waals surface area contributed by atoms with E-state index in [1.165, 1.54) is 0 Å². The molecule has 0 saturated carbocycles. The number of alkyl carbamates (subject to hydrolysis) is 1. The summed E-state index contributed by atoms with van der Waals surface area (Å²) in [4.78, 5) is 26.2. The Balaban J connectivity index is 1.59. The molecule has 0 saturated heterocycles. The first-order valence-corrected chi connectivity index (χ1v) is 12.6. The molecule has 0 spiro atoms. The van der Waals surface area contributed by atoms with E-state index in [1.807, 2.05) is 68.6 Å². The van der Waals surface area contributed by atoms with E-state index in [2.05, 4.69) is 31.5 Å². The van der Waals surface area contributed by atoms with E-state index in [4.69, 9.17) is 14.7 Å². The summed E-state index contributed by atoms with van der Waals surface area (Å²) in [6, 6.07) is 13.6. The third kappa shape index (κ3) is 6.30. The highest BCUT2D eigenvalue weighted by atomic mass is 79.9. The average molecular weight is 540 g/mol. The molecule has 0 aliphatic rings. The molecule has 0 fully saturated rings. The van der Waals surface area contributed by atoms with Crippen molar-refractivity contribution in [3.05, 3.63) is 70.3 Å². The first-order valence-electron chi connectivity index (χ1n) is 10.9. The highest BCUT2D eigenvalue weighted by molar-refractivity contribution is 9.10. The van der Waals surface area contributed by atoms with Crippen LogP contribution in [0.1, 0.15) is 26.3 Å². The van der Waals surface area contributed by atoms with Gasteiger partial charge in [0.25, 0.3) is 0 Å². The number of halogens is 1. The van der Waals surface area contributed by atoms with Gasteiger partial charge in [0.05, 0.1) is 15.2 Å². The van der Waals surface area contributed by atoms with Crippen LogP contribution in [-0.2, 0) is 11.2 Å². The van der Waals surface area contributed by atoms with Crippen molar-refractivity contribution in [1.82, 2.24) is 20.3 Å². The smallest absolute Gasteiger partial charge is 0.407 e. The third-order valence-electron chi connectivity index (χ3n) is 4.87. The highest BCUT2D eigenvalue weighted by Crippen LogP contribution is 2.34. The fourth-order valence-electron chi connectivity index (χ4n) is 3.41. The lowest BCUT2D eigenvalue weighted by atomic mass is 10.1. The number of fused-ring (bicyclic) bond motifs is 1. The molecule has 4 rings (SSSR count). The summed E-state index contributed by atoms with van der Waals surface area (Å²) >= 11 is 5.16. The second-order valence-electron chi connectivity index (χ2n) is 8.81. The molecule has 1 unspecified atom stereocenters. The van der Waals surface area contributed by atoms with E-state index in [-0.39, 0.29) is 6.04 Å². The summed E-state index contributed by atoms with van der Waals surface area (Å²) in [7, 11) is 0. The maximum absolute atomic E-state index is 12.5. The van der Waals surface area contributed by atoms with E-state index in [0.717, 1.165) is 31.6 Å². The molecule has 9 heteroatoms. The molecule has 176 valence electrons. The second-order valence-corrected chi connectivity index (χ2v) is 10.5. The van der Waals surface area contributed by atoms with Crippen molar-refractivity contribution in [2.45, 2.75) is 38.8 Å². The van der Waals surface area contributed by atoms with Gasteiger partial charge in [-0.25, -0.2) is 14.8 Å². The van der Waals surface area contributed by atoms with Crippen molar-refractivity contribution in [3.63, 3.8) is 0 Å². The monoisotopic (exact) mass is 539 g/mol. The fraction of sp³-hybridized carbons (Fsp3) is 0.280. The zero-order chi connectivity index (χ0) is 24.1. The number of rotatable bonds is 7. The number of carbonyl (C=O) groups excluding carboxylic acids is 1. The minimum Gasteiger partial charge on any atom is -0.444 e. The molecule has 34 heavy (non-hydrogen) atoms. The molecule has 0 radical (unpaired) electrons. The largest absolute Gasteiger partial charge is 0.444 e. The number of carbonyl (C=O) groups is 1. The fourth-order valence-corrected chi connectivity index (χ4v) is 4.94. The van der Waals surface area contributed by atoms with Gasteiger partial charge in [-0.05, 0) is 60.8 Å². The summed E-state index contributed by atoms with van der Waals surface area (Å²) < 4.78 is 7.36. The Kier molecular flexibility index (Phi) is 7.43. The number of aromatic nitrogens is 3. The quantitative estimate of drug-likeness (QED) is 0.296. The number of hydrogen-bond donors (Lipinski definition) is 2. The van der Waals surface area contributed by atoms with E-state index >= 15 is 0 Å². The standard InChI is InChI=1S/C25H26BrN5O2S/c1-25(2,3)33-24(32)29-18(13-16-7-5-4-6-8-16)14-28-23-21-20(19(26)15-34-21)30-22(31-23)17-9-11-27-12-10-17/h4-12,15,18H,13-14H2,1-3H3,(H,29,32)(H,28,30,31). The molecular formula is C25H26BrN5O2S. The lowest BCUT2D eigenvalue weighted by Gasteiger charge is -2.24. The van der Waals surface area contributed by atoms with Crippen LogP contribution in [0.15, 0.2) is 64.7 Å². The molecule has 3 aromatic heterocycles. The van der Waals surface area contributed by atoms with Gasteiger partial charge in [-0.3, -0.25) is 4.98 Å². The Bertz CT molecular complexity index is 1260. The molecule has 0 aliphatic heterocycles. The predicted octanol–water partition coefficient (Wildman–Crippen LogP) is 6.06. The van der Waals surface area contributed by atoms with Gasteiger partial charge in [0, 0.05) is 29.9 Å². The van der Waals surface area contributed by atoms with Crippen LogP contribution in [0.2, 0.25) is 0 Å². The number of ether oxygens (including phenoxy) is 1. The van der Waals surface area contributed by atoms with E-state index in [0.29, 0.717) is 18.8 Å². The minimum atomic E-state index is -0.573. The maximum atomic E-state index is 12.5. The normalized spacial score (nSPS) is 12.4. The number of benzene rings is 1. The Hall–Kier alpha value is -3.04. The van der Waals surface area contributed by atoms with Crippen molar-refractivity contribution in [3.8, 4) is 11.4 Å². The van der Waals surface area contributed by atoms with E-state index in [9.17, 15) is 4.79 Å². The summed E-state index contributed by atoms with van der Waals surface area (Å²) in [5.41, 5.74) is 2.27. The Morgan fingerprint density at radius 1 is 1.12 bits per heavy atom. The van der Waals surface area contributed by atoms with E-state index in [1.54, 1.807) is 23.7 Å². The van der Waals surface area contributed by atoms with Gasteiger partial charge in [0.1, 0.15) is 16.9 Å². The van der Waals surface area contributed by atoms with Gasteiger partial charge in [-0.1, -0.05) is 30.3 Å². The molecular weight excluding hydrogens is 514 g/mol. The van der Waals surface area contributed by atoms with Crippen LogP contribution in [0.4, 0.5) is 10.6 Å². The minimum absolute atomic E-state index is 0.213. The predicted molar refractivity (Wildman–Crippen MR) is 140 cm³/mol. The number of nitrogens with zero attached hydrogens (tertiary/aromatic N) is 3. The maximum Gasteiger partial charge on any atom is 0.407 e. The number of anilines is 1. The summed E-state index contributed by atoms with van der Waals surface area (Å²) in [5, 5.41) is 8.46. The lowest BCUT2D eigenvalue weighted by Crippen LogP contribution is -2.43. The Morgan fingerprint density at radius 2 is 1.85 bits per heavy atom. The molecule has 1 aromatic carbocycles. The van der Waals surface area contributed by atoms with Crippen LogP contribution in [0.5, 0.6) is 0 Å². The molecule has 7 nitrogen and oxygen atoms in total. The Morgan fingerprint density at radius 3 is 2.56 bits per heavy atom. The molecule has 3 heterocycles. The number of thiophene rings is 1. The molecule has 0 aliphatic carbocycles. The van der Waals surface area contributed by atoms with Gasteiger partial charge in [0.15, 0.2) is 5.82 Å². The van der Waals surface area contributed by atoms with Crippen molar-refractivity contribution < 1.29 is 9.53 Å². The summed E-state index contributed by atoms with van der Waals surface area (Å²) in [6.07, 6.45) is 3.64. The van der Waals surface area contributed by atoms with Crippen LogP contribution in [-0.4, -0.2) is 39.2 Å². The zero-order valence-electron chi connectivity index (χ0n) is 19.2. The van der Waals surface area contributed by atoms with Crippen LogP contribution in [0.25, 0.3) is 21.6 Å². The number of amides is 1. The topological polar surface area (TPSA) is 89.0 Å². The Labute approximate surface area is 211 Å². The number of pyridine rings is 1. The van der Waals surface area contributed by atoms with Crippen molar-refractivity contribution in [2.75, 3.05) is 11.9 Å². The molecule has 1 atom stereocenters. The summed E-state index contributed by atoms with van der Waals surface area (Å²) in [5.74, 6) is 1.33. The highest BCUT2D eigenvalue weighted by Gasteiger charge is 2.21. The van der Waals surface area contributed by atoms with E-state index < -0.39 is 11.7 Å². The number of hydrogen-bond acceptors (Lipinski definition) is 7. The van der Waals surface area contributed by atoms with Gasteiger partial charge in [0.2, 0.25) is 0 Å².